The number of alkyl halides is 1. The summed E-state index contributed by atoms with van der Waals surface area (Å²) in [6.45, 7) is 6.41. The summed E-state index contributed by atoms with van der Waals surface area (Å²) in [7, 11) is 3.28. The molecule has 0 spiro atoms. The number of hydrogen-bond donors (Lipinski definition) is 0. The van der Waals surface area contributed by atoms with Crippen molar-refractivity contribution in [3.8, 4) is 11.5 Å². The largest absolute Gasteiger partial charge is 0.493 e. The van der Waals surface area contributed by atoms with E-state index >= 15 is 0 Å². The molecule has 96 valence electrons. The van der Waals surface area contributed by atoms with Gasteiger partial charge in [0.15, 0.2) is 11.5 Å². The second-order valence-electron chi connectivity index (χ2n) is 4.59. The van der Waals surface area contributed by atoms with E-state index in [1.165, 1.54) is 5.56 Å². The van der Waals surface area contributed by atoms with Crippen LogP contribution < -0.4 is 9.47 Å². The van der Waals surface area contributed by atoms with Crippen LogP contribution in [0.5, 0.6) is 11.5 Å². The molecule has 0 amide bonds. The molecule has 0 aliphatic heterocycles. The predicted octanol–water partition coefficient (Wildman–Crippen LogP) is 4.07. The van der Waals surface area contributed by atoms with E-state index in [1.807, 2.05) is 18.2 Å². The lowest BCUT2D eigenvalue weighted by atomic mass is 9.91. The van der Waals surface area contributed by atoms with Crippen LogP contribution in [0.25, 0.3) is 0 Å². The minimum absolute atomic E-state index is 0.119. The zero-order chi connectivity index (χ0) is 13.0. The van der Waals surface area contributed by atoms with Gasteiger partial charge in [0, 0.05) is 5.38 Å². The first-order chi connectivity index (χ1) is 8.01. The van der Waals surface area contributed by atoms with Gasteiger partial charge in [0.1, 0.15) is 0 Å². The van der Waals surface area contributed by atoms with Crippen LogP contribution in [0.4, 0.5) is 0 Å². The van der Waals surface area contributed by atoms with Crippen molar-refractivity contribution >= 4 is 11.6 Å². The molecule has 0 aromatic heterocycles. The number of halogens is 1. The second kappa shape index (κ2) is 6.15. The molecule has 2 nitrogen and oxygen atoms in total. The lowest BCUT2D eigenvalue weighted by Crippen LogP contribution is -2.16. The average molecular weight is 257 g/mol. The Kier molecular flexibility index (Phi) is 5.13. The Bertz CT molecular complexity index is 363. The van der Waals surface area contributed by atoms with Gasteiger partial charge in [-0.3, -0.25) is 0 Å². The zero-order valence-corrected chi connectivity index (χ0v) is 11.9. The average Bonchev–Trinajstić information content (AvgIpc) is 2.35. The Morgan fingerprint density at radius 2 is 1.59 bits per heavy atom. The summed E-state index contributed by atoms with van der Waals surface area (Å²) in [5.74, 6) is 2.24. The number of benzene rings is 1. The maximum atomic E-state index is 6.40. The van der Waals surface area contributed by atoms with Crippen molar-refractivity contribution in [1.82, 2.24) is 0 Å². The number of ether oxygens (including phenoxy) is 2. The second-order valence-corrected chi connectivity index (χ2v) is 5.10. The van der Waals surface area contributed by atoms with Crippen LogP contribution in [0.15, 0.2) is 18.2 Å². The molecule has 17 heavy (non-hydrogen) atoms. The highest BCUT2D eigenvalue weighted by Gasteiger charge is 2.20. The Hall–Kier alpha value is -0.890. The summed E-state index contributed by atoms with van der Waals surface area (Å²) in [4.78, 5) is 0. The fourth-order valence-corrected chi connectivity index (χ4v) is 2.04. The third-order valence-electron chi connectivity index (χ3n) is 3.05. The smallest absolute Gasteiger partial charge is 0.160 e. The third-order valence-corrected chi connectivity index (χ3v) is 3.93. The van der Waals surface area contributed by atoms with Crippen molar-refractivity contribution in [2.24, 2.45) is 5.92 Å². The van der Waals surface area contributed by atoms with Gasteiger partial charge in [0.2, 0.25) is 0 Å². The molecule has 0 fully saturated rings. The van der Waals surface area contributed by atoms with Crippen LogP contribution in [0.3, 0.4) is 0 Å². The van der Waals surface area contributed by atoms with Crippen molar-refractivity contribution in [2.75, 3.05) is 14.2 Å². The van der Waals surface area contributed by atoms with Gasteiger partial charge in [0.25, 0.3) is 0 Å². The quantitative estimate of drug-likeness (QED) is 0.740. The lowest BCUT2D eigenvalue weighted by molar-refractivity contribution is 0.354. The summed E-state index contributed by atoms with van der Waals surface area (Å²) in [5, 5.41) is 0.119. The first-order valence-corrected chi connectivity index (χ1v) is 6.30. The van der Waals surface area contributed by atoms with Crippen molar-refractivity contribution in [3.63, 3.8) is 0 Å². The van der Waals surface area contributed by atoms with E-state index in [0.29, 0.717) is 5.92 Å². The summed E-state index contributed by atoms with van der Waals surface area (Å²) < 4.78 is 10.5. The molecule has 2 unspecified atom stereocenters. The minimum atomic E-state index is 0.119. The summed E-state index contributed by atoms with van der Waals surface area (Å²) in [6.07, 6.45) is 0. The van der Waals surface area contributed by atoms with Crippen LogP contribution in [-0.4, -0.2) is 19.6 Å². The monoisotopic (exact) mass is 256 g/mol. The molecule has 0 saturated carbocycles. The van der Waals surface area contributed by atoms with Crippen LogP contribution in [-0.2, 0) is 0 Å². The molecule has 0 aliphatic rings. The molecule has 0 heterocycles. The molecule has 1 aromatic rings. The van der Waals surface area contributed by atoms with Gasteiger partial charge in [-0.05, 0) is 29.5 Å². The third kappa shape index (κ3) is 3.29. The van der Waals surface area contributed by atoms with Crippen molar-refractivity contribution in [2.45, 2.75) is 32.1 Å². The maximum Gasteiger partial charge on any atom is 0.160 e. The normalized spacial score (nSPS) is 14.5. The fourth-order valence-electron chi connectivity index (χ4n) is 1.90. The van der Waals surface area contributed by atoms with Crippen LogP contribution in [0, 0.1) is 5.92 Å². The summed E-state index contributed by atoms with van der Waals surface area (Å²) in [6, 6.07) is 5.97. The molecule has 2 atom stereocenters. The maximum absolute atomic E-state index is 6.40. The Morgan fingerprint density at radius 3 is 2.06 bits per heavy atom. The Morgan fingerprint density at radius 1 is 1.00 bits per heavy atom. The molecule has 0 bridgehead atoms. The lowest BCUT2D eigenvalue weighted by Gasteiger charge is -2.22. The molecule has 0 aliphatic carbocycles. The minimum Gasteiger partial charge on any atom is -0.493 e. The Labute approximate surface area is 109 Å². The highest BCUT2D eigenvalue weighted by molar-refractivity contribution is 6.21. The van der Waals surface area contributed by atoms with Gasteiger partial charge in [-0.15, -0.1) is 11.6 Å². The van der Waals surface area contributed by atoms with Crippen molar-refractivity contribution < 1.29 is 9.47 Å². The van der Waals surface area contributed by atoms with E-state index in [1.54, 1.807) is 14.2 Å². The Balaban J connectivity index is 2.99. The molecular formula is C14H21ClO2. The summed E-state index contributed by atoms with van der Waals surface area (Å²) in [5.41, 5.74) is 1.18. The fraction of sp³-hybridized carbons (Fsp3) is 0.571. The standard InChI is InChI=1S/C14H21ClO2/c1-9(2)14(15)10(3)11-6-7-12(16-4)13(8-11)17-5/h6-10,14H,1-5H3. The van der Waals surface area contributed by atoms with Gasteiger partial charge in [-0.1, -0.05) is 26.8 Å². The van der Waals surface area contributed by atoms with Gasteiger partial charge in [0.05, 0.1) is 14.2 Å². The number of methoxy groups -OCH3 is 2. The van der Waals surface area contributed by atoms with E-state index in [9.17, 15) is 0 Å². The molecule has 3 heteroatoms. The van der Waals surface area contributed by atoms with Gasteiger partial charge >= 0.3 is 0 Å². The van der Waals surface area contributed by atoms with E-state index < -0.39 is 0 Å². The van der Waals surface area contributed by atoms with E-state index in [2.05, 4.69) is 20.8 Å². The van der Waals surface area contributed by atoms with E-state index in [-0.39, 0.29) is 11.3 Å². The first-order valence-electron chi connectivity index (χ1n) is 5.87. The highest BCUT2D eigenvalue weighted by Crippen LogP contribution is 2.34. The van der Waals surface area contributed by atoms with Crippen LogP contribution >= 0.6 is 11.6 Å². The highest BCUT2D eigenvalue weighted by atomic mass is 35.5. The molecule has 0 N–H and O–H groups in total. The van der Waals surface area contributed by atoms with Crippen molar-refractivity contribution in [3.05, 3.63) is 23.8 Å². The molecule has 1 aromatic carbocycles. The predicted molar refractivity (Wildman–Crippen MR) is 72.4 cm³/mol. The van der Waals surface area contributed by atoms with E-state index in [0.717, 1.165) is 11.5 Å². The zero-order valence-electron chi connectivity index (χ0n) is 11.2. The molecule has 0 radical (unpaired) electrons. The number of rotatable bonds is 5. The van der Waals surface area contributed by atoms with Crippen molar-refractivity contribution in [1.29, 1.82) is 0 Å². The molecule has 1 rings (SSSR count). The first kappa shape index (κ1) is 14.2. The molecule has 0 saturated heterocycles. The molecular weight excluding hydrogens is 236 g/mol. The summed E-state index contributed by atoms with van der Waals surface area (Å²) >= 11 is 6.40. The topological polar surface area (TPSA) is 18.5 Å². The SMILES string of the molecule is COc1ccc(C(C)C(Cl)C(C)C)cc1OC. The van der Waals surface area contributed by atoms with Crippen LogP contribution in [0.1, 0.15) is 32.3 Å². The van der Waals surface area contributed by atoms with Gasteiger partial charge in [-0.25, -0.2) is 0 Å². The number of hydrogen-bond acceptors (Lipinski definition) is 2. The van der Waals surface area contributed by atoms with Gasteiger partial charge < -0.3 is 9.47 Å². The van der Waals surface area contributed by atoms with E-state index in [4.69, 9.17) is 21.1 Å². The van der Waals surface area contributed by atoms with Crippen LogP contribution in [0.2, 0.25) is 0 Å². The van der Waals surface area contributed by atoms with Gasteiger partial charge in [-0.2, -0.15) is 0 Å².